The lowest BCUT2D eigenvalue weighted by Crippen LogP contribution is -2.27. The number of hydrogen-bond acceptors (Lipinski definition) is 2. The molecule has 0 radical (unpaired) electrons. The summed E-state index contributed by atoms with van der Waals surface area (Å²) in [5.41, 5.74) is 7.31. The molecular formula is C12H16FNO. The van der Waals surface area contributed by atoms with Crippen LogP contribution in [0, 0.1) is 18.7 Å². The van der Waals surface area contributed by atoms with Crippen LogP contribution in [0.3, 0.4) is 0 Å². The van der Waals surface area contributed by atoms with Gasteiger partial charge in [-0.2, -0.15) is 0 Å². The Morgan fingerprint density at radius 1 is 1.47 bits per heavy atom. The van der Waals surface area contributed by atoms with Crippen LogP contribution in [0.1, 0.15) is 30.0 Å². The predicted molar refractivity (Wildman–Crippen MR) is 56.8 cm³/mol. The highest BCUT2D eigenvalue weighted by Crippen LogP contribution is 2.37. The van der Waals surface area contributed by atoms with Crippen molar-refractivity contribution in [2.75, 3.05) is 0 Å². The number of aliphatic hydroxyl groups is 1. The van der Waals surface area contributed by atoms with Gasteiger partial charge in [0.05, 0.1) is 12.1 Å². The number of aliphatic hydroxyl groups excluding tert-OH is 1. The van der Waals surface area contributed by atoms with Crippen LogP contribution in [0.2, 0.25) is 0 Å². The van der Waals surface area contributed by atoms with Gasteiger partial charge in [-0.15, -0.1) is 0 Å². The summed E-state index contributed by atoms with van der Waals surface area (Å²) in [5, 5.41) is 9.85. The molecule has 2 nitrogen and oxygen atoms in total. The smallest absolute Gasteiger partial charge is 0.126 e. The third-order valence-corrected chi connectivity index (χ3v) is 3.04. The van der Waals surface area contributed by atoms with Crippen LogP contribution < -0.4 is 5.73 Å². The summed E-state index contributed by atoms with van der Waals surface area (Å²) < 4.78 is 13.0. The second-order valence-electron chi connectivity index (χ2n) is 4.36. The van der Waals surface area contributed by atoms with Crippen molar-refractivity contribution in [1.29, 1.82) is 0 Å². The highest BCUT2D eigenvalue weighted by molar-refractivity contribution is 5.27. The maximum absolute atomic E-state index is 13.0. The molecule has 3 N–H and O–H groups in total. The van der Waals surface area contributed by atoms with E-state index in [2.05, 4.69) is 0 Å². The van der Waals surface area contributed by atoms with Crippen molar-refractivity contribution in [3.05, 3.63) is 35.1 Å². The molecule has 0 aliphatic heterocycles. The molecule has 0 spiro atoms. The van der Waals surface area contributed by atoms with E-state index in [1.54, 1.807) is 19.1 Å². The average Bonchev–Trinajstić information content (AvgIpc) is 3.03. The summed E-state index contributed by atoms with van der Waals surface area (Å²) in [7, 11) is 0. The van der Waals surface area contributed by atoms with Gasteiger partial charge in [-0.1, -0.05) is 12.1 Å². The largest absolute Gasteiger partial charge is 0.391 e. The summed E-state index contributed by atoms with van der Waals surface area (Å²) in [6, 6.07) is 4.38. The van der Waals surface area contributed by atoms with Gasteiger partial charge >= 0.3 is 0 Å². The number of aryl methyl sites for hydroxylation is 1. The molecule has 0 bridgehead atoms. The minimum Gasteiger partial charge on any atom is -0.391 e. The van der Waals surface area contributed by atoms with E-state index in [1.807, 2.05) is 0 Å². The van der Waals surface area contributed by atoms with Crippen LogP contribution in [0.4, 0.5) is 4.39 Å². The van der Waals surface area contributed by atoms with E-state index in [4.69, 9.17) is 5.73 Å². The van der Waals surface area contributed by atoms with Crippen molar-refractivity contribution >= 4 is 0 Å². The molecule has 1 fully saturated rings. The predicted octanol–water partition coefficient (Wildman–Crippen LogP) is 1.90. The van der Waals surface area contributed by atoms with Crippen molar-refractivity contribution in [2.24, 2.45) is 11.7 Å². The van der Waals surface area contributed by atoms with Gasteiger partial charge in [-0.25, -0.2) is 4.39 Å². The van der Waals surface area contributed by atoms with Gasteiger partial charge in [0, 0.05) is 0 Å². The molecule has 1 aliphatic carbocycles. The third kappa shape index (κ3) is 2.19. The third-order valence-electron chi connectivity index (χ3n) is 3.04. The Bertz CT molecular complexity index is 363. The van der Waals surface area contributed by atoms with Crippen molar-refractivity contribution in [1.82, 2.24) is 0 Å². The van der Waals surface area contributed by atoms with Gasteiger partial charge in [-0.05, 0) is 42.9 Å². The zero-order valence-corrected chi connectivity index (χ0v) is 8.78. The van der Waals surface area contributed by atoms with Crippen LogP contribution in [0.5, 0.6) is 0 Å². The molecule has 0 heterocycles. The standard InChI is InChI=1S/C12H16FNO/c1-7-6-9(4-5-10(7)13)11(14)12(15)8-2-3-8/h4-6,8,11-12,15H,2-3,14H2,1H3/t11-,12+/m1/s1. The molecule has 1 saturated carbocycles. The van der Waals surface area contributed by atoms with Crippen LogP contribution in [-0.4, -0.2) is 11.2 Å². The van der Waals surface area contributed by atoms with E-state index in [9.17, 15) is 9.50 Å². The second kappa shape index (κ2) is 3.91. The summed E-state index contributed by atoms with van der Waals surface area (Å²) in [6.07, 6.45) is 1.61. The number of halogens is 1. The molecular weight excluding hydrogens is 193 g/mol. The maximum atomic E-state index is 13.0. The number of benzene rings is 1. The Hall–Kier alpha value is -0.930. The van der Waals surface area contributed by atoms with Crippen LogP contribution >= 0.6 is 0 Å². The molecule has 2 rings (SSSR count). The summed E-state index contributed by atoms with van der Waals surface area (Å²) in [4.78, 5) is 0. The van der Waals surface area contributed by atoms with Crippen molar-refractivity contribution in [3.63, 3.8) is 0 Å². The first-order chi connectivity index (χ1) is 7.09. The van der Waals surface area contributed by atoms with Crippen LogP contribution in [0.15, 0.2) is 18.2 Å². The molecule has 15 heavy (non-hydrogen) atoms. The first-order valence-corrected chi connectivity index (χ1v) is 5.29. The Labute approximate surface area is 88.9 Å². The van der Waals surface area contributed by atoms with Gasteiger partial charge in [0.25, 0.3) is 0 Å². The first kappa shape index (κ1) is 10.6. The summed E-state index contributed by atoms with van der Waals surface area (Å²) in [5.74, 6) is 0.109. The number of nitrogens with two attached hydrogens (primary N) is 1. The first-order valence-electron chi connectivity index (χ1n) is 5.29. The van der Waals surface area contributed by atoms with E-state index in [0.29, 0.717) is 11.5 Å². The van der Waals surface area contributed by atoms with E-state index in [1.165, 1.54) is 6.07 Å². The molecule has 2 atom stereocenters. The lowest BCUT2D eigenvalue weighted by Gasteiger charge is -2.19. The molecule has 3 heteroatoms. The van der Waals surface area contributed by atoms with Crippen molar-refractivity contribution < 1.29 is 9.50 Å². The van der Waals surface area contributed by atoms with Gasteiger partial charge < -0.3 is 10.8 Å². The molecule has 0 unspecified atom stereocenters. The normalized spacial score (nSPS) is 20.0. The molecule has 0 saturated heterocycles. The summed E-state index contributed by atoms with van der Waals surface area (Å²) in [6.45, 7) is 1.70. The SMILES string of the molecule is Cc1cc([C@@H](N)[C@@H](O)C2CC2)ccc1F. The van der Waals surface area contributed by atoms with Gasteiger partial charge in [0.15, 0.2) is 0 Å². The van der Waals surface area contributed by atoms with Gasteiger partial charge in [0.2, 0.25) is 0 Å². The summed E-state index contributed by atoms with van der Waals surface area (Å²) >= 11 is 0. The number of rotatable bonds is 3. The maximum Gasteiger partial charge on any atom is 0.126 e. The average molecular weight is 209 g/mol. The Balaban J connectivity index is 2.17. The molecule has 82 valence electrons. The van der Waals surface area contributed by atoms with Gasteiger partial charge in [-0.3, -0.25) is 0 Å². The minimum absolute atomic E-state index is 0.230. The molecule has 1 aromatic rings. The molecule has 1 aromatic carbocycles. The second-order valence-corrected chi connectivity index (χ2v) is 4.36. The van der Waals surface area contributed by atoms with E-state index in [-0.39, 0.29) is 5.82 Å². The fourth-order valence-electron chi connectivity index (χ4n) is 1.80. The van der Waals surface area contributed by atoms with Crippen molar-refractivity contribution in [3.8, 4) is 0 Å². The monoisotopic (exact) mass is 209 g/mol. The quantitative estimate of drug-likeness (QED) is 0.798. The van der Waals surface area contributed by atoms with Crippen molar-refractivity contribution in [2.45, 2.75) is 31.9 Å². The van der Waals surface area contributed by atoms with Crippen LogP contribution in [-0.2, 0) is 0 Å². The molecule has 1 aliphatic rings. The van der Waals surface area contributed by atoms with E-state index < -0.39 is 12.1 Å². The van der Waals surface area contributed by atoms with Gasteiger partial charge in [0.1, 0.15) is 5.82 Å². The zero-order chi connectivity index (χ0) is 11.0. The lowest BCUT2D eigenvalue weighted by atomic mass is 9.97. The Morgan fingerprint density at radius 2 is 2.13 bits per heavy atom. The highest BCUT2D eigenvalue weighted by atomic mass is 19.1. The van der Waals surface area contributed by atoms with Crippen LogP contribution in [0.25, 0.3) is 0 Å². The fourth-order valence-corrected chi connectivity index (χ4v) is 1.80. The molecule has 0 amide bonds. The van der Waals surface area contributed by atoms with E-state index in [0.717, 1.165) is 18.4 Å². The zero-order valence-electron chi connectivity index (χ0n) is 8.78. The van der Waals surface area contributed by atoms with E-state index >= 15 is 0 Å². The minimum atomic E-state index is -0.491. The Kier molecular flexibility index (Phi) is 2.76. The fraction of sp³-hybridized carbons (Fsp3) is 0.500. The Morgan fingerprint density at radius 3 is 2.67 bits per heavy atom. The number of hydrogen-bond donors (Lipinski definition) is 2. The topological polar surface area (TPSA) is 46.2 Å². The lowest BCUT2D eigenvalue weighted by molar-refractivity contribution is 0.122. The molecule has 0 aromatic heterocycles. The highest BCUT2D eigenvalue weighted by Gasteiger charge is 2.34.